The van der Waals surface area contributed by atoms with Crippen molar-refractivity contribution in [2.45, 2.75) is 30.4 Å². The van der Waals surface area contributed by atoms with Gasteiger partial charge in [0.25, 0.3) is 0 Å². The second kappa shape index (κ2) is 8.96. The number of fused-ring (bicyclic) bond motifs is 4. The molecule has 7 nitrogen and oxygen atoms in total. The van der Waals surface area contributed by atoms with Crippen LogP contribution in [0.25, 0.3) is 11.1 Å². The molecule has 0 saturated carbocycles. The van der Waals surface area contributed by atoms with Crippen molar-refractivity contribution < 1.29 is 23.8 Å². The Kier molecular flexibility index (Phi) is 5.89. The average molecular weight is 449 g/mol. The van der Waals surface area contributed by atoms with Crippen LogP contribution in [-0.2, 0) is 19.0 Å². The molecule has 2 aromatic carbocycles. The first-order valence-electron chi connectivity index (χ1n) is 10.2. The largest absolute Gasteiger partial charge is 0.463 e. The fraction of sp³-hybridized carbons (Fsp3) is 0.292. The van der Waals surface area contributed by atoms with Gasteiger partial charge in [-0.15, -0.1) is 0 Å². The highest BCUT2D eigenvalue weighted by Crippen LogP contribution is 2.44. The molecule has 32 heavy (non-hydrogen) atoms. The molecule has 3 aliphatic rings. The molecule has 2 aliphatic heterocycles. The molecule has 2 heterocycles. The number of hydrogen-bond donors (Lipinski definition) is 1. The van der Waals surface area contributed by atoms with Crippen LogP contribution in [0, 0.1) is 12.8 Å². The van der Waals surface area contributed by atoms with Gasteiger partial charge in [-0.3, -0.25) is 15.1 Å². The highest BCUT2D eigenvalue weighted by atomic mass is 32.2. The molecule has 1 aliphatic carbocycles. The van der Waals surface area contributed by atoms with Gasteiger partial charge in [-0.1, -0.05) is 60.3 Å². The van der Waals surface area contributed by atoms with Crippen molar-refractivity contribution in [3.05, 3.63) is 72.5 Å². The molecule has 0 bridgehead atoms. The standard InChI is InChI=1S/C24H20N2O5S/c1-14(27)29-12-15-10-11-21-22(31-15)32-23(25-21)26-24(28)30-13-20-18-8-4-2-6-16(18)17-7-3-5-9-19(17)20/h2-9,15,20-22H,12-13H2,1H3,(H,25,26,28)/t15-,21-,22-/m1/s1. The number of thioether (sulfide) groups is 1. The maximum absolute atomic E-state index is 12.5. The van der Waals surface area contributed by atoms with Crippen molar-refractivity contribution in [2.24, 2.45) is 4.99 Å². The zero-order chi connectivity index (χ0) is 22.1. The van der Waals surface area contributed by atoms with Crippen LogP contribution >= 0.6 is 11.8 Å². The molecule has 1 amide bonds. The molecule has 162 valence electrons. The Labute approximate surface area is 190 Å². The Bertz CT molecular complexity index is 1030. The first-order valence-corrected chi connectivity index (χ1v) is 11.1. The van der Waals surface area contributed by atoms with Crippen LogP contribution in [0.15, 0.2) is 53.5 Å². The van der Waals surface area contributed by atoms with Crippen molar-refractivity contribution in [3.63, 3.8) is 0 Å². The molecule has 0 aromatic heterocycles. The number of rotatable bonds is 4. The summed E-state index contributed by atoms with van der Waals surface area (Å²) in [6.45, 7) is 1.63. The summed E-state index contributed by atoms with van der Waals surface area (Å²) in [5.41, 5.74) is 4.30. The van der Waals surface area contributed by atoms with E-state index in [4.69, 9.17) is 14.2 Å². The molecule has 0 unspecified atom stereocenters. The molecular weight excluding hydrogens is 428 g/mol. The van der Waals surface area contributed by atoms with E-state index in [0.717, 1.165) is 11.1 Å². The Hall–Kier alpha value is -2.84. The van der Waals surface area contributed by atoms with Crippen molar-refractivity contribution >= 4 is 29.0 Å². The zero-order valence-corrected chi connectivity index (χ0v) is 18.1. The van der Waals surface area contributed by atoms with Gasteiger partial charge < -0.3 is 14.2 Å². The highest BCUT2D eigenvalue weighted by Gasteiger charge is 2.39. The fourth-order valence-corrected chi connectivity index (χ4v) is 5.01. The third kappa shape index (κ3) is 4.25. The van der Waals surface area contributed by atoms with E-state index in [1.165, 1.54) is 29.8 Å². The number of carbonyl (C=O) groups excluding carboxylic acids is 2. The van der Waals surface area contributed by atoms with Crippen LogP contribution in [0.5, 0.6) is 0 Å². The summed E-state index contributed by atoms with van der Waals surface area (Å²) < 4.78 is 16.3. The third-order valence-electron chi connectivity index (χ3n) is 5.42. The average Bonchev–Trinajstić information content (AvgIpc) is 3.34. The lowest BCUT2D eigenvalue weighted by Gasteiger charge is -2.28. The van der Waals surface area contributed by atoms with E-state index in [1.807, 2.05) is 24.3 Å². The predicted octanol–water partition coefficient (Wildman–Crippen LogP) is 3.45. The molecule has 1 saturated heterocycles. The molecule has 1 fully saturated rings. The van der Waals surface area contributed by atoms with Crippen LogP contribution in [0.2, 0.25) is 0 Å². The van der Waals surface area contributed by atoms with Crippen LogP contribution in [0.3, 0.4) is 0 Å². The fourth-order valence-electron chi connectivity index (χ4n) is 4.03. The third-order valence-corrected chi connectivity index (χ3v) is 6.46. The number of nitrogens with one attached hydrogen (secondary N) is 1. The smallest absolute Gasteiger partial charge is 0.413 e. The Morgan fingerprint density at radius 1 is 1.03 bits per heavy atom. The maximum atomic E-state index is 12.5. The lowest BCUT2D eigenvalue weighted by Crippen LogP contribution is -2.37. The van der Waals surface area contributed by atoms with Crippen LogP contribution in [0.1, 0.15) is 24.0 Å². The van der Waals surface area contributed by atoms with Crippen molar-refractivity contribution in [1.82, 2.24) is 5.32 Å². The number of benzene rings is 2. The normalized spacial score (nSPS) is 23.5. The number of amides is 1. The molecule has 3 atom stereocenters. The summed E-state index contributed by atoms with van der Waals surface area (Å²) in [6, 6.07) is 16.0. The number of alkyl carbamates (subject to hydrolysis) is 1. The summed E-state index contributed by atoms with van der Waals surface area (Å²) in [7, 11) is 0. The van der Waals surface area contributed by atoms with Crippen LogP contribution in [0.4, 0.5) is 4.79 Å². The van der Waals surface area contributed by atoms with Gasteiger partial charge in [-0.2, -0.15) is 0 Å². The summed E-state index contributed by atoms with van der Waals surface area (Å²) in [5, 5.41) is 3.09. The number of hydrogen-bond acceptors (Lipinski definition) is 7. The van der Waals surface area contributed by atoms with E-state index >= 15 is 0 Å². The van der Waals surface area contributed by atoms with E-state index in [0.29, 0.717) is 5.17 Å². The number of amidine groups is 1. The Morgan fingerprint density at radius 3 is 2.41 bits per heavy atom. The summed E-state index contributed by atoms with van der Waals surface area (Å²) in [6.07, 6.45) is 4.81. The zero-order valence-electron chi connectivity index (χ0n) is 17.2. The molecule has 4 radical (unpaired) electrons. The van der Waals surface area contributed by atoms with Gasteiger partial charge in [0.15, 0.2) is 5.17 Å². The van der Waals surface area contributed by atoms with Gasteiger partial charge in [0.1, 0.15) is 24.8 Å². The minimum atomic E-state index is -0.568. The second-order valence-corrected chi connectivity index (χ2v) is 8.62. The molecule has 0 spiro atoms. The quantitative estimate of drug-likeness (QED) is 0.721. The second-order valence-electron chi connectivity index (χ2n) is 7.53. The Morgan fingerprint density at radius 2 is 1.72 bits per heavy atom. The lowest BCUT2D eigenvalue weighted by molar-refractivity contribution is -0.145. The van der Waals surface area contributed by atoms with E-state index in [1.54, 1.807) is 0 Å². The highest BCUT2D eigenvalue weighted by molar-refractivity contribution is 8.14. The van der Waals surface area contributed by atoms with Gasteiger partial charge in [0.05, 0.1) is 6.04 Å². The molecule has 1 N–H and O–H groups in total. The van der Waals surface area contributed by atoms with Gasteiger partial charge in [-0.05, 0) is 22.3 Å². The SMILES string of the molecule is CC(=O)OC[C@H]1[C][C][C@H]2N=C(NC(=O)OCC3c4ccccc4-c4ccccc43)S[C@H]2O1. The van der Waals surface area contributed by atoms with Crippen LogP contribution in [-0.4, -0.2) is 48.0 Å². The topological polar surface area (TPSA) is 86.2 Å². The minimum absolute atomic E-state index is 0.00913. The maximum Gasteiger partial charge on any atom is 0.413 e. The molecular formula is C24H20N2O5S. The number of carbonyl (C=O) groups is 2. The summed E-state index contributed by atoms with van der Waals surface area (Å²) >= 11 is 1.27. The molecule has 2 aromatic rings. The summed E-state index contributed by atoms with van der Waals surface area (Å²) in [4.78, 5) is 27.8. The Balaban J connectivity index is 1.16. The van der Waals surface area contributed by atoms with E-state index in [-0.39, 0.29) is 36.6 Å². The molecule has 8 heteroatoms. The number of ether oxygens (including phenoxy) is 3. The minimum Gasteiger partial charge on any atom is -0.463 e. The van der Waals surface area contributed by atoms with Crippen molar-refractivity contribution in [2.75, 3.05) is 13.2 Å². The summed E-state index contributed by atoms with van der Waals surface area (Å²) in [5.74, 6) is -0.393. The molecule has 5 rings (SSSR count). The van der Waals surface area contributed by atoms with Crippen molar-refractivity contribution in [3.8, 4) is 11.1 Å². The lowest BCUT2D eigenvalue weighted by atomic mass is 9.98. The van der Waals surface area contributed by atoms with E-state index < -0.39 is 12.2 Å². The van der Waals surface area contributed by atoms with Crippen molar-refractivity contribution in [1.29, 1.82) is 0 Å². The number of nitrogens with zero attached hydrogens (tertiary/aromatic N) is 1. The first kappa shape index (κ1) is 21.0. The number of esters is 1. The monoisotopic (exact) mass is 448 g/mol. The van der Waals surface area contributed by atoms with E-state index in [9.17, 15) is 9.59 Å². The predicted molar refractivity (Wildman–Crippen MR) is 119 cm³/mol. The van der Waals surface area contributed by atoms with Gasteiger partial charge >= 0.3 is 12.1 Å². The van der Waals surface area contributed by atoms with E-state index in [2.05, 4.69) is 47.4 Å². The van der Waals surface area contributed by atoms with Gasteiger partial charge in [0, 0.05) is 25.7 Å². The van der Waals surface area contributed by atoms with Crippen LogP contribution < -0.4 is 5.32 Å². The number of aliphatic imine (C=N–C) groups is 1. The van der Waals surface area contributed by atoms with Gasteiger partial charge in [-0.25, -0.2) is 4.79 Å². The first-order chi connectivity index (χ1) is 15.6. The van der Waals surface area contributed by atoms with Gasteiger partial charge in [0.2, 0.25) is 0 Å².